The van der Waals surface area contributed by atoms with Gasteiger partial charge in [0.05, 0.1) is 23.9 Å². The Morgan fingerprint density at radius 1 is 1.07 bits per heavy atom. The summed E-state index contributed by atoms with van der Waals surface area (Å²) < 4.78 is 0. The number of amides is 2. The lowest BCUT2D eigenvalue weighted by molar-refractivity contribution is -0.133. The number of fused-ring (bicyclic) bond motifs is 1. The lowest BCUT2D eigenvalue weighted by Crippen LogP contribution is -2.39. The quantitative estimate of drug-likeness (QED) is 0.601. The van der Waals surface area contributed by atoms with Crippen molar-refractivity contribution >= 4 is 22.7 Å². The first kappa shape index (κ1) is 21.2. The van der Waals surface area contributed by atoms with E-state index in [1.54, 1.807) is 23.1 Å². The predicted octanol–water partition coefficient (Wildman–Crippen LogP) is 2.41. The van der Waals surface area contributed by atoms with E-state index in [0.29, 0.717) is 16.7 Å². The molecule has 156 valence electrons. The van der Waals surface area contributed by atoms with Crippen molar-refractivity contribution in [1.29, 1.82) is 0 Å². The topological polar surface area (TPSA) is 95.2 Å². The number of carbonyl (C=O) groups excluding carboxylic acids is 2. The number of aromatic amines is 1. The second kappa shape index (κ2) is 9.82. The third kappa shape index (κ3) is 5.53. The second-order valence-corrected chi connectivity index (χ2v) is 7.41. The van der Waals surface area contributed by atoms with E-state index < -0.39 is 0 Å². The van der Waals surface area contributed by atoms with Crippen LogP contribution in [0.15, 0.2) is 59.4 Å². The first-order valence-corrected chi connectivity index (χ1v) is 10.0. The Morgan fingerprint density at radius 3 is 2.50 bits per heavy atom. The smallest absolute Gasteiger partial charge is 0.258 e. The maximum atomic E-state index is 12.7. The number of para-hydroxylation sites is 1. The molecule has 0 bridgehead atoms. The van der Waals surface area contributed by atoms with Gasteiger partial charge in [-0.3, -0.25) is 14.4 Å². The molecule has 0 saturated heterocycles. The molecule has 3 aromatic rings. The summed E-state index contributed by atoms with van der Waals surface area (Å²) in [6.45, 7) is 4.28. The molecule has 1 heterocycles. The van der Waals surface area contributed by atoms with Crippen LogP contribution in [-0.4, -0.2) is 39.3 Å². The summed E-state index contributed by atoms with van der Waals surface area (Å²) in [4.78, 5) is 46.0. The van der Waals surface area contributed by atoms with Crippen molar-refractivity contribution in [3.05, 3.63) is 76.3 Å². The molecule has 30 heavy (non-hydrogen) atoms. The molecule has 0 spiro atoms. The Bertz CT molecular complexity index is 1080. The maximum absolute atomic E-state index is 12.7. The third-order valence-corrected chi connectivity index (χ3v) is 4.79. The molecule has 0 saturated carbocycles. The first-order valence-electron chi connectivity index (χ1n) is 10.0. The minimum atomic E-state index is -0.222. The van der Waals surface area contributed by atoms with Crippen molar-refractivity contribution in [2.24, 2.45) is 0 Å². The molecule has 2 aromatic carbocycles. The summed E-state index contributed by atoms with van der Waals surface area (Å²) in [6.07, 6.45) is 0.460. The molecule has 0 aliphatic carbocycles. The molecule has 2 amide bonds. The van der Waals surface area contributed by atoms with Gasteiger partial charge in [0, 0.05) is 19.0 Å². The molecular weight excluding hydrogens is 380 g/mol. The van der Waals surface area contributed by atoms with Crippen LogP contribution in [0.2, 0.25) is 0 Å². The summed E-state index contributed by atoms with van der Waals surface area (Å²) in [7, 11) is 0. The van der Waals surface area contributed by atoms with Crippen molar-refractivity contribution in [1.82, 2.24) is 20.2 Å². The largest absolute Gasteiger partial charge is 0.355 e. The van der Waals surface area contributed by atoms with Crippen LogP contribution >= 0.6 is 0 Å². The zero-order chi connectivity index (χ0) is 21.5. The Hall–Kier alpha value is -3.48. The van der Waals surface area contributed by atoms with E-state index >= 15 is 0 Å². The number of hydrogen-bond donors (Lipinski definition) is 2. The van der Waals surface area contributed by atoms with E-state index in [0.717, 1.165) is 5.56 Å². The minimum absolute atomic E-state index is 0.0747. The summed E-state index contributed by atoms with van der Waals surface area (Å²) in [5, 5.41) is 3.31. The number of hydrogen-bond acceptors (Lipinski definition) is 4. The zero-order valence-electron chi connectivity index (χ0n) is 17.2. The normalized spacial score (nSPS) is 10.9. The van der Waals surface area contributed by atoms with E-state index in [1.165, 1.54) is 0 Å². The highest BCUT2D eigenvalue weighted by molar-refractivity contribution is 5.80. The average molecular weight is 406 g/mol. The molecule has 0 atom stereocenters. The van der Waals surface area contributed by atoms with Crippen molar-refractivity contribution < 1.29 is 9.59 Å². The highest BCUT2D eigenvalue weighted by atomic mass is 16.2. The molecular formula is C23H26N4O3. The van der Waals surface area contributed by atoms with Gasteiger partial charge in [0.1, 0.15) is 5.82 Å². The number of H-pyrrole nitrogens is 1. The van der Waals surface area contributed by atoms with E-state index in [2.05, 4.69) is 15.3 Å². The zero-order valence-corrected chi connectivity index (χ0v) is 17.2. The standard InChI is InChI=1S/C23H26N4O3/c1-16(2)27(15-20-25-19-11-7-6-10-18(19)23(30)26-20)22(29)12-13-24-21(28)14-17-8-4-3-5-9-17/h3-11,16H,12-15H2,1-2H3,(H,24,28)(H,25,26,30). The van der Waals surface area contributed by atoms with E-state index in [1.807, 2.05) is 50.2 Å². The van der Waals surface area contributed by atoms with Gasteiger partial charge in [0.25, 0.3) is 5.56 Å². The molecule has 7 heteroatoms. The van der Waals surface area contributed by atoms with Crippen LogP contribution in [0.4, 0.5) is 0 Å². The van der Waals surface area contributed by atoms with Crippen LogP contribution in [0.25, 0.3) is 10.9 Å². The molecule has 0 fully saturated rings. The molecule has 1 aromatic heterocycles. The monoisotopic (exact) mass is 406 g/mol. The van der Waals surface area contributed by atoms with E-state index in [4.69, 9.17) is 0 Å². The van der Waals surface area contributed by atoms with Crippen molar-refractivity contribution in [3.8, 4) is 0 Å². The van der Waals surface area contributed by atoms with Gasteiger partial charge in [0.15, 0.2) is 0 Å². The van der Waals surface area contributed by atoms with Gasteiger partial charge >= 0.3 is 0 Å². The molecule has 0 aliphatic heterocycles. The highest BCUT2D eigenvalue weighted by Gasteiger charge is 2.19. The minimum Gasteiger partial charge on any atom is -0.355 e. The SMILES string of the molecule is CC(C)N(Cc1nc2ccccc2c(=O)[nH]1)C(=O)CCNC(=O)Cc1ccccc1. The van der Waals surface area contributed by atoms with Crippen molar-refractivity contribution in [3.63, 3.8) is 0 Å². The lowest BCUT2D eigenvalue weighted by atomic mass is 10.1. The summed E-state index contributed by atoms with van der Waals surface area (Å²) >= 11 is 0. The Balaban J connectivity index is 1.58. The van der Waals surface area contributed by atoms with Crippen molar-refractivity contribution in [2.45, 2.75) is 39.3 Å². The Morgan fingerprint density at radius 2 is 1.77 bits per heavy atom. The van der Waals surface area contributed by atoms with Crippen LogP contribution in [0.5, 0.6) is 0 Å². The van der Waals surface area contributed by atoms with Gasteiger partial charge in [-0.05, 0) is 31.5 Å². The third-order valence-electron chi connectivity index (χ3n) is 4.79. The first-order chi connectivity index (χ1) is 14.4. The Labute approximate surface area is 175 Å². The average Bonchev–Trinajstić information content (AvgIpc) is 2.72. The van der Waals surface area contributed by atoms with Gasteiger partial charge in [-0.15, -0.1) is 0 Å². The number of rotatable bonds is 8. The van der Waals surface area contributed by atoms with Gasteiger partial charge in [-0.25, -0.2) is 4.98 Å². The van der Waals surface area contributed by atoms with Gasteiger partial charge < -0.3 is 15.2 Å². The number of carbonyl (C=O) groups is 2. The fourth-order valence-corrected chi connectivity index (χ4v) is 3.23. The second-order valence-electron chi connectivity index (χ2n) is 7.41. The van der Waals surface area contributed by atoms with Gasteiger partial charge in [0.2, 0.25) is 11.8 Å². The lowest BCUT2D eigenvalue weighted by Gasteiger charge is -2.26. The fraction of sp³-hybridized carbons (Fsp3) is 0.304. The van der Waals surface area contributed by atoms with Crippen LogP contribution in [0.3, 0.4) is 0 Å². The summed E-state index contributed by atoms with van der Waals surface area (Å²) in [5.41, 5.74) is 1.30. The van der Waals surface area contributed by atoms with Crippen LogP contribution < -0.4 is 10.9 Å². The van der Waals surface area contributed by atoms with E-state index in [-0.39, 0.29) is 49.3 Å². The van der Waals surface area contributed by atoms with Crippen LogP contribution in [0.1, 0.15) is 31.7 Å². The van der Waals surface area contributed by atoms with Crippen LogP contribution in [-0.2, 0) is 22.6 Å². The number of nitrogens with one attached hydrogen (secondary N) is 2. The molecule has 7 nitrogen and oxygen atoms in total. The predicted molar refractivity (Wildman–Crippen MR) is 116 cm³/mol. The number of benzene rings is 2. The molecule has 0 radical (unpaired) electrons. The van der Waals surface area contributed by atoms with Crippen molar-refractivity contribution in [2.75, 3.05) is 6.54 Å². The molecule has 0 aliphatic rings. The van der Waals surface area contributed by atoms with E-state index in [9.17, 15) is 14.4 Å². The van der Waals surface area contributed by atoms with Crippen LogP contribution in [0, 0.1) is 0 Å². The molecule has 2 N–H and O–H groups in total. The Kier molecular flexibility index (Phi) is 6.95. The molecule has 3 rings (SSSR count). The van der Waals surface area contributed by atoms with Gasteiger partial charge in [-0.2, -0.15) is 0 Å². The highest BCUT2D eigenvalue weighted by Crippen LogP contribution is 2.10. The fourth-order valence-electron chi connectivity index (χ4n) is 3.23. The molecule has 0 unspecified atom stereocenters. The number of aromatic nitrogens is 2. The summed E-state index contributed by atoms with van der Waals surface area (Å²) in [5.74, 6) is 0.209. The maximum Gasteiger partial charge on any atom is 0.258 e. The number of nitrogens with zero attached hydrogens (tertiary/aromatic N) is 2. The van der Waals surface area contributed by atoms with Gasteiger partial charge in [-0.1, -0.05) is 42.5 Å². The summed E-state index contributed by atoms with van der Waals surface area (Å²) in [6, 6.07) is 16.5.